The Morgan fingerprint density at radius 1 is 0.606 bits per heavy atom. The molecule has 0 bridgehead atoms. The van der Waals surface area contributed by atoms with Crippen LogP contribution in [0.4, 0.5) is 0 Å². The summed E-state index contributed by atoms with van der Waals surface area (Å²) in [4.78, 5) is 0. The molecule has 0 nitrogen and oxygen atoms in total. The molecule has 0 spiro atoms. The first-order chi connectivity index (χ1) is 15.5. The van der Waals surface area contributed by atoms with Crippen LogP contribution in [0.15, 0.2) is 48.5 Å². The molecule has 0 amide bonds. The molecule has 168 valence electrons. The Labute approximate surface area is 203 Å². The van der Waals surface area contributed by atoms with Gasteiger partial charge < -0.3 is 0 Å². The maximum absolute atomic E-state index is 3.77. The lowest BCUT2D eigenvalue weighted by molar-refractivity contribution is 1.35. The van der Waals surface area contributed by atoms with E-state index in [0.29, 0.717) is 0 Å². The first kappa shape index (κ1) is 25.1. The van der Waals surface area contributed by atoms with E-state index in [0.717, 1.165) is 11.1 Å². The van der Waals surface area contributed by atoms with Crippen molar-refractivity contribution in [3.05, 3.63) is 93.0 Å². The maximum Gasteiger partial charge on any atom is 0.129 e. The highest BCUT2D eigenvalue weighted by molar-refractivity contribution is 7.77. The first-order valence-corrected chi connectivity index (χ1v) is 16.4. The molecule has 0 N–H and O–H groups in total. The third-order valence-electron chi connectivity index (χ3n) is 5.52. The van der Waals surface area contributed by atoms with Gasteiger partial charge in [-0.25, -0.2) is 0 Å². The van der Waals surface area contributed by atoms with Crippen molar-refractivity contribution in [1.29, 1.82) is 0 Å². The summed E-state index contributed by atoms with van der Waals surface area (Å²) >= 11 is 0. The van der Waals surface area contributed by atoms with Crippen LogP contribution in [0.2, 0.25) is 19.6 Å². The van der Waals surface area contributed by atoms with Gasteiger partial charge in [-0.05, 0) is 86.5 Å². The lowest BCUT2D eigenvalue weighted by atomic mass is 10.1. The minimum Gasteiger partial charge on any atom is -0.127 e. The third kappa shape index (κ3) is 6.27. The maximum atomic E-state index is 3.77. The largest absolute Gasteiger partial charge is 0.129 e. The topological polar surface area (TPSA) is 0 Å². The average molecular weight is 467 g/mol. The van der Waals surface area contributed by atoms with Crippen LogP contribution < -0.4 is 10.6 Å². The zero-order valence-electron chi connectivity index (χ0n) is 21.6. The number of hydrogen-bond acceptors (Lipinski definition) is 0. The van der Waals surface area contributed by atoms with Gasteiger partial charge in [0.1, 0.15) is 8.07 Å². The molecule has 0 heterocycles. The van der Waals surface area contributed by atoms with Gasteiger partial charge in [0.15, 0.2) is 0 Å². The molecule has 3 aromatic rings. The molecule has 2 heteroatoms. The monoisotopic (exact) mass is 466 g/mol. The van der Waals surface area contributed by atoms with Gasteiger partial charge in [0.25, 0.3) is 0 Å². The van der Waals surface area contributed by atoms with Crippen molar-refractivity contribution in [2.75, 3.05) is 0 Å². The summed E-state index contributed by atoms with van der Waals surface area (Å²) < 4.78 is 0. The van der Waals surface area contributed by atoms with Crippen LogP contribution in [0.5, 0.6) is 0 Å². The SMILES string of the molecule is Cc1cc(C)c(P(C#Cc2ccccc2C#C[Si](C)(C)C)c2c(C)cc(C)cc2C)c(C)c1. The van der Waals surface area contributed by atoms with Crippen LogP contribution in [0, 0.1) is 64.6 Å². The minimum atomic E-state index is -1.46. The summed E-state index contributed by atoms with van der Waals surface area (Å²) in [5.74, 6) is 7.01. The molecule has 0 saturated heterocycles. The van der Waals surface area contributed by atoms with E-state index < -0.39 is 16.0 Å². The zero-order valence-corrected chi connectivity index (χ0v) is 23.5. The minimum absolute atomic E-state index is 0.828. The lowest BCUT2D eigenvalue weighted by Crippen LogP contribution is -2.21. The quantitative estimate of drug-likeness (QED) is 0.213. The predicted molar refractivity (Wildman–Crippen MR) is 151 cm³/mol. The van der Waals surface area contributed by atoms with Crippen LogP contribution in [0.3, 0.4) is 0 Å². The van der Waals surface area contributed by atoms with Crippen molar-refractivity contribution in [3.8, 4) is 23.0 Å². The van der Waals surface area contributed by atoms with E-state index in [1.54, 1.807) is 0 Å². The summed E-state index contributed by atoms with van der Waals surface area (Å²) in [6.07, 6.45) is 0. The fourth-order valence-corrected chi connectivity index (χ4v) is 7.20. The molecule has 0 fully saturated rings. The smallest absolute Gasteiger partial charge is 0.127 e. The van der Waals surface area contributed by atoms with Gasteiger partial charge in [-0.2, -0.15) is 0 Å². The number of rotatable bonds is 2. The van der Waals surface area contributed by atoms with E-state index in [-0.39, 0.29) is 0 Å². The van der Waals surface area contributed by atoms with E-state index >= 15 is 0 Å². The molecule has 0 atom stereocenters. The van der Waals surface area contributed by atoms with Gasteiger partial charge in [-0.15, -0.1) is 5.54 Å². The normalized spacial score (nSPS) is 11.0. The summed E-state index contributed by atoms with van der Waals surface area (Å²) in [7, 11) is -2.29. The standard InChI is InChI=1S/C31H35PSi/c1-22-18-24(3)30(25(4)19-22)32(31-26(5)20-23(2)21-27(31)6)16-14-28-12-10-11-13-29(28)15-17-33(7,8)9/h10-13,18-21H,1-9H3. The highest BCUT2D eigenvalue weighted by Gasteiger charge is 2.21. The first-order valence-electron chi connectivity index (χ1n) is 11.6. The van der Waals surface area contributed by atoms with Gasteiger partial charge in [-0.3, -0.25) is 0 Å². The second-order valence-corrected chi connectivity index (χ2v) is 16.7. The average Bonchev–Trinajstić information content (AvgIpc) is 2.68. The molecule has 0 saturated carbocycles. The Kier molecular flexibility index (Phi) is 7.70. The van der Waals surface area contributed by atoms with Gasteiger partial charge in [-0.1, -0.05) is 84.7 Å². The molecule has 0 unspecified atom stereocenters. The summed E-state index contributed by atoms with van der Waals surface area (Å²) in [6, 6.07) is 17.5. The lowest BCUT2D eigenvalue weighted by Gasteiger charge is -2.22. The number of aryl methyl sites for hydroxylation is 6. The summed E-state index contributed by atoms with van der Waals surface area (Å²) in [5, 5.41) is 2.78. The van der Waals surface area contributed by atoms with Crippen LogP contribution in [0.1, 0.15) is 44.5 Å². The fraction of sp³-hybridized carbons (Fsp3) is 0.290. The van der Waals surface area contributed by atoms with E-state index in [1.807, 2.05) is 0 Å². The second-order valence-electron chi connectivity index (χ2n) is 10.1. The highest BCUT2D eigenvalue weighted by Crippen LogP contribution is 2.38. The third-order valence-corrected chi connectivity index (χ3v) is 9.04. The molecule has 3 rings (SSSR count). The molecule has 0 aliphatic rings. The number of benzene rings is 3. The van der Waals surface area contributed by atoms with Crippen molar-refractivity contribution in [2.24, 2.45) is 0 Å². The molecule has 3 aromatic carbocycles. The van der Waals surface area contributed by atoms with E-state index in [9.17, 15) is 0 Å². The van der Waals surface area contributed by atoms with Crippen molar-refractivity contribution in [2.45, 2.75) is 61.2 Å². The van der Waals surface area contributed by atoms with E-state index in [1.165, 1.54) is 44.0 Å². The van der Waals surface area contributed by atoms with Crippen molar-refractivity contribution < 1.29 is 0 Å². The van der Waals surface area contributed by atoms with E-state index in [2.05, 4.69) is 133 Å². The van der Waals surface area contributed by atoms with Gasteiger partial charge in [0.05, 0.1) is 0 Å². The predicted octanol–water partition coefficient (Wildman–Crippen LogP) is 7.21. The van der Waals surface area contributed by atoms with Gasteiger partial charge in [0.2, 0.25) is 0 Å². The Bertz CT molecular complexity index is 1210. The second kappa shape index (κ2) is 10.1. The van der Waals surface area contributed by atoms with Gasteiger partial charge in [0, 0.05) is 19.0 Å². The Morgan fingerprint density at radius 3 is 1.39 bits per heavy atom. The molecule has 33 heavy (non-hydrogen) atoms. The molecular formula is C31H35PSi. The van der Waals surface area contributed by atoms with Gasteiger partial charge >= 0.3 is 0 Å². The molecule has 0 aliphatic heterocycles. The Hall–Kier alpha value is -2.57. The van der Waals surface area contributed by atoms with Crippen LogP contribution in [-0.4, -0.2) is 8.07 Å². The summed E-state index contributed by atoms with van der Waals surface area (Å²) in [6.45, 7) is 20.1. The Morgan fingerprint density at radius 2 is 1.00 bits per heavy atom. The molecule has 0 radical (unpaired) electrons. The fourth-order valence-electron chi connectivity index (χ4n) is 4.35. The zero-order chi connectivity index (χ0) is 24.3. The van der Waals surface area contributed by atoms with Crippen molar-refractivity contribution >= 4 is 26.6 Å². The Balaban J connectivity index is 2.24. The van der Waals surface area contributed by atoms with Crippen LogP contribution in [-0.2, 0) is 0 Å². The molecular weight excluding hydrogens is 431 g/mol. The number of hydrogen-bond donors (Lipinski definition) is 0. The van der Waals surface area contributed by atoms with Crippen LogP contribution >= 0.6 is 7.92 Å². The molecule has 0 aromatic heterocycles. The van der Waals surface area contributed by atoms with Crippen LogP contribution in [0.25, 0.3) is 0 Å². The van der Waals surface area contributed by atoms with Crippen molar-refractivity contribution in [1.82, 2.24) is 0 Å². The summed E-state index contributed by atoms with van der Waals surface area (Å²) in [5.41, 5.74) is 17.3. The van der Waals surface area contributed by atoms with E-state index in [4.69, 9.17) is 0 Å². The highest BCUT2D eigenvalue weighted by atomic mass is 31.1. The van der Waals surface area contributed by atoms with Crippen molar-refractivity contribution in [3.63, 3.8) is 0 Å². The molecule has 0 aliphatic carbocycles.